The normalized spacial score (nSPS) is 12.0. The summed E-state index contributed by atoms with van der Waals surface area (Å²) in [6, 6.07) is 7.64. The Hall–Kier alpha value is -2.63. The molecule has 0 aliphatic rings. The number of carbonyl (C=O) groups is 2. The smallest absolute Gasteiger partial charge is 0.359 e. The molecule has 0 bridgehead atoms. The third-order valence-corrected chi connectivity index (χ3v) is 3.23. The maximum atomic E-state index is 12.0. The van der Waals surface area contributed by atoms with Crippen molar-refractivity contribution in [3.8, 4) is 5.69 Å². The van der Waals surface area contributed by atoms with Crippen LogP contribution in [0.1, 0.15) is 34.2 Å². The van der Waals surface area contributed by atoms with Crippen LogP contribution in [0.2, 0.25) is 0 Å². The van der Waals surface area contributed by atoms with Gasteiger partial charge in [-0.05, 0) is 57.0 Å². The zero-order valence-corrected chi connectivity index (χ0v) is 13.1. The number of benzene rings is 1. The molecule has 1 aromatic carbocycles. The van der Waals surface area contributed by atoms with E-state index in [0.717, 1.165) is 22.5 Å². The summed E-state index contributed by atoms with van der Waals surface area (Å²) in [7, 11) is 0. The molecule has 2 rings (SSSR count). The highest BCUT2D eigenvalue weighted by molar-refractivity contribution is 5.90. The maximum Gasteiger partial charge on any atom is 0.359 e. The zero-order valence-electron chi connectivity index (χ0n) is 13.1. The molecule has 2 aromatic rings. The van der Waals surface area contributed by atoms with Crippen LogP contribution in [-0.4, -0.2) is 27.8 Å². The molecule has 1 atom stereocenters. The van der Waals surface area contributed by atoms with Crippen molar-refractivity contribution in [1.29, 1.82) is 0 Å². The Kier molecular flexibility index (Phi) is 4.30. The van der Waals surface area contributed by atoms with Gasteiger partial charge in [-0.1, -0.05) is 6.07 Å². The van der Waals surface area contributed by atoms with Crippen molar-refractivity contribution in [1.82, 2.24) is 9.78 Å². The van der Waals surface area contributed by atoms with Crippen LogP contribution in [-0.2, 0) is 9.53 Å². The standard InChI is InChI=1S/C16H19N3O3/c1-9-5-10(2)7-13(6-9)19-11(3)8-14(18-19)16(21)22-12(4)15(17)20/h5-8,12H,1-4H3,(H2,17,20). The summed E-state index contributed by atoms with van der Waals surface area (Å²) in [4.78, 5) is 22.9. The topological polar surface area (TPSA) is 87.2 Å². The predicted octanol–water partition coefficient (Wildman–Crippen LogP) is 1.83. The van der Waals surface area contributed by atoms with Gasteiger partial charge in [0, 0.05) is 5.69 Å². The number of esters is 1. The average molecular weight is 301 g/mol. The first-order chi connectivity index (χ1) is 10.3. The quantitative estimate of drug-likeness (QED) is 0.873. The average Bonchev–Trinajstić information content (AvgIpc) is 2.79. The van der Waals surface area contributed by atoms with Crippen LogP contribution in [0.5, 0.6) is 0 Å². The molecule has 6 heteroatoms. The summed E-state index contributed by atoms with van der Waals surface area (Å²) < 4.78 is 6.63. The van der Waals surface area contributed by atoms with Crippen molar-refractivity contribution in [2.45, 2.75) is 33.8 Å². The van der Waals surface area contributed by atoms with Crippen LogP contribution in [0.15, 0.2) is 24.3 Å². The molecule has 0 radical (unpaired) electrons. The first-order valence-electron chi connectivity index (χ1n) is 6.93. The third kappa shape index (κ3) is 3.33. The van der Waals surface area contributed by atoms with E-state index in [1.807, 2.05) is 32.9 Å². The molecular weight excluding hydrogens is 282 g/mol. The Labute approximate surface area is 128 Å². The second-order valence-corrected chi connectivity index (χ2v) is 5.38. The maximum absolute atomic E-state index is 12.0. The number of nitrogens with zero attached hydrogens (tertiary/aromatic N) is 2. The minimum atomic E-state index is -0.987. The zero-order chi connectivity index (χ0) is 16.4. The lowest BCUT2D eigenvalue weighted by Crippen LogP contribution is -2.30. The number of aryl methyl sites for hydroxylation is 3. The lowest BCUT2D eigenvalue weighted by Gasteiger charge is -2.08. The highest BCUT2D eigenvalue weighted by atomic mass is 16.5. The summed E-state index contributed by atoms with van der Waals surface area (Å²) >= 11 is 0. The van der Waals surface area contributed by atoms with Crippen LogP contribution in [0.4, 0.5) is 0 Å². The van der Waals surface area contributed by atoms with Crippen molar-refractivity contribution in [2.24, 2.45) is 5.73 Å². The number of amides is 1. The summed E-state index contributed by atoms with van der Waals surface area (Å²) in [5, 5.41) is 4.26. The van der Waals surface area contributed by atoms with Crippen LogP contribution in [0, 0.1) is 20.8 Å². The van der Waals surface area contributed by atoms with Gasteiger partial charge in [0.05, 0.1) is 5.69 Å². The first-order valence-corrected chi connectivity index (χ1v) is 6.93. The molecule has 22 heavy (non-hydrogen) atoms. The largest absolute Gasteiger partial charge is 0.448 e. The van der Waals surface area contributed by atoms with Gasteiger partial charge in [-0.25, -0.2) is 9.48 Å². The molecule has 2 N–H and O–H groups in total. The fourth-order valence-corrected chi connectivity index (χ4v) is 2.19. The molecule has 0 spiro atoms. The number of hydrogen-bond donors (Lipinski definition) is 1. The van der Waals surface area contributed by atoms with E-state index in [9.17, 15) is 9.59 Å². The molecule has 1 aromatic heterocycles. The minimum Gasteiger partial charge on any atom is -0.448 e. The van der Waals surface area contributed by atoms with Crippen LogP contribution in [0.3, 0.4) is 0 Å². The third-order valence-electron chi connectivity index (χ3n) is 3.23. The number of hydrogen-bond acceptors (Lipinski definition) is 4. The molecule has 116 valence electrons. The van der Waals surface area contributed by atoms with E-state index in [1.165, 1.54) is 6.92 Å². The van der Waals surface area contributed by atoms with Crippen molar-refractivity contribution in [2.75, 3.05) is 0 Å². The lowest BCUT2D eigenvalue weighted by atomic mass is 10.1. The van der Waals surface area contributed by atoms with Crippen molar-refractivity contribution < 1.29 is 14.3 Å². The van der Waals surface area contributed by atoms with Crippen LogP contribution < -0.4 is 5.73 Å². The van der Waals surface area contributed by atoms with E-state index >= 15 is 0 Å². The molecule has 1 heterocycles. The number of primary amides is 1. The van der Waals surface area contributed by atoms with Gasteiger partial charge >= 0.3 is 5.97 Å². The molecule has 1 unspecified atom stereocenters. The van der Waals surface area contributed by atoms with Gasteiger partial charge in [0.2, 0.25) is 0 Å². The van der Waals surface area contributed by atoms with Crippen LogP contribution >= 0.6 is 0 Å². The highest BCUT2D eigenvalue weighted by Gasteiger charge is 2.20. The van der Waals surface area contributed by atoms with Gasteiger partial charge in [-0.2, -0.15) is 5.10 Å². The van der Waals surface area contributed by atoms with E-state index in [-0.39, 0.29) is 5.69 Å². The van der Waals surface area contributed by atoms with Crippen molar-refractivity contribution in [3.05, 3.63) is 46.8 Å². The molecule has 0 saturated heterocycles. The first kappa shape index (κ1) is 15.8. The fourth-order valence-electron chi connectivity index (χ4n) is 2.19. The summed E-state index contributed by atoms with van der Waals surface area (Å²) in [5.41, 5.74) is 9.11. The molecule has 0 fully saturated rings. The fraction of sp³-hybridized carbons (Fsp3) is 0.312. The Bertz CT molecular complexity index is 714. The lowest BCUT2D eigenvalue weighted by molar-refractivity contribution is -0.125. The highest BCUT2D eigenvalue weighted by Crippen LogP contribution is 2.16. The summed E-state index contributed by atoms with van der Waals surface area (Å²) in [6.45, 7) is 7.27. The Morgan fingerprint density at radius 2 is 1.73 bits per heavy atom. The number of carbonyl (C=O) groups excluding carboxylic acids is 2. The van der Waals surface area contributed by atoms with E-state index in [4.69, 9.17) is 10.5 Å². The number of rotatable bonds is 4. The van der Waals surface area contributed by atoms with E-state index in [0.29, 0.717) is 0 Å². The molecule has 6 nitrogen and oxygen atoms in total. The molecular formula is C16H19N3O3. The van der Waals surface area contributed by atoms with Gasteiger partial charge in [-0.15, -0.1) is 0 Å². The molecule has 1 amide bonds. The number of nitrogens with two attached hydrogens (primary N) is 1. The van der Waals surface area contributed by atoms with Crippen molar-refractivity contribution >= 4 is 11.9 Å². The van der Waals surface area contributed by atoms with Gasteiger partial charge in [0.25, 0.3) is 5.91 Å². The van der Waals surface area contributed by atoms with E-state index in [2.05, 4.69) is 11.2 Å². The number of aromatic nitrogens is 2. The van der Waals surface area contributed by atoms with Crippen LogP contribution in [0.25, 0.3) is 5.69 Å². The summed E-state index contributed by atoms with van der Waals surface area (Å²) in [6.07, 6.45) is -0.987. The van der Waals surface area contributed by atoms with E-state index < -0.39 is 18.0 Å². The van der Waals surface area contributed by atoms with Gasteiger partial charge in [-0.3, -0.25) is 4.79 Å². The van der Waals surface area contributed by atoms with Crippen molar-refractivity contribution in [3.63, 3.8) is 0 Å². The van der Waals surface area contributed by atoms with E-state index in [1.54, 1.807) is 10.7 Å². The molecule has 0 aliphatic carbocycles. The SMILES string of the molecule is Cc1cc(C)cc(-n2nc(C(=O)OC(C)C(N)=O)cc2C)c1. The Morgan fingerprint density at radius 1 is 1.14 bits per heavy atom. The number of ether oxygens (including phenoxy) is 1. The Morgan fingerprint density at radius 3 is 2.27 bits per heavy atom. The second kappa shape index (κ2) is 6.01. The second-order valence-electron chi connectivity index (χ2n) is 5.38. The molecule has 0 saturated carbocycles. The summed E-state index contributed by atoms with van der Waals surface area (Å²) in [5.74, 6) is -1.36. The molecule has 0 aliphatic heterocycles. The van der Waals surface area contributed by atoms with Gasteiger partial charge < -0.3 is 10.5 Å². The Balaban J connectivity index is 2.32. The van der Waals surface area contributed by atoms with Gasteiger partial charge in [0.15, 0.2) is 11.8 Å². The minimum absolute atomic E-state index is 0.143. The van der Waals surface area contributed by atoms with Gasteiger partial charge in [0.1, 0.15) is 0 Å². The monoisotopic (exact) mass is 301 g/mol. The predicted molar refractivity (Wildman–Crippen MR) is 81.8 cm³/mol.